The Balaban J connectivity index is 1.79. The van der Waals surface area contributed by atoms with Gasteiger partial charge < -0.3 is 14.4 Å². The topological polar surface area (TPSA) is 82.2 Å². The summed E-state index contributed by atoms with van der Waals surface area (Å²) in [6.07, 6.45) is 4.50. The second kappa shape index (κ2) is 6.66. The molecule has 5 rings (SSSR count). The molecule has 4 aromatic rings. The SMILES string of the molecule is Cc1nc(C(=O)O)ccc1-n1c2ccc(F)cc2c2c1cnn2C1CCCCO1. The van der Waals surface area contributed by atoms with Gasteiger partial charge in [0.25, 0.3) is 0 Å². The highest BCUT2D eigenvalue weighted by Crippen LogP contribution is 2.36. The smallest absolute Gasteiger partial charge is 0.354 e. The number of aromatic nitrogens is 4. The maximum Gasteiger partial charge on any atom is 0.354 e. The molecule has 0 aliphatic carbocycles. The zero-order valence-corrected chi connectivity index (χ0v) is 15.8. The van der Waals surface area contributed by atoms with Crippen LogP contribution in [0.3, 0.4) is 0 Å². The molecule has 0 bridgehead atoms. The van der Waals surface area contributed by atoms with Gasteiger partial charge in [-0.05, 0) is 56.5 Å². The molecule has 4 heterocycles. The van der Waals surface area contributed by atoms with E-state index in [-0.39, 0.29) is 17.7 Å². The van der Waals surface area contributed by atoms with E-state index in [0.29, 0.717) is 12.3 Å². The van der Waals surface area contributed by atoms with Crippen LogP contribution in [0.2, 0.25) is 0 Å². The van der Waals surface area contributed by atoms with Crippen molar-refractivity contribution >= 4 is 27.9 Å². The number of rotatable bonds is 3. The number of nitrogens with zero attached hydrogens (tertiary/aromatic N) is 4. The first-order chi connectivity index (χ1) is 14.0. The van der Waals surface area contributed by atoms with Crippen molar-refractivity contribution < 1.29 is 19.0 Å². The lowest BCUT2D eigenvalue weighted by Crippen LogP contribution is -2.18. The Morgan fingerprint density at radius 1 is 1.24 bits per heavy atom. The molecule has 0 radical (unpaired) electrons. The van der Waals surface area contributed by atoms with Crippen molar-refractivity contribution in [2.75, 3.05) is 6.61 Å². The summed E-state index contributed by atoms with van der Waals surface area (Å²) < 4.78 is 23.8. The largest absolute Gasteiger partial charge is 0.477 e. The summed E-state index contributed by atoms with van der Waals surface area (Å²) in [5.41, 5.74) is 3.67. The molecule has 7 nitrogen and oxygen atoms in total. The summed E-state index contributed by atoms with van der Waals surface area (Å²) in [5.74, 6) is -1.41. The second-order valence-corrected chi connectivity index (χ2v) is 7.25. The number of pyridine rings is 1. The number of carbonyl (C=O) groups is 1. The first kappa shape index (κ1) is 17.8. The zero-order chi connectivity index (χ0) is 20.1. The molecule has 0 saturated carbocycles. The number of hydrogen-bond donors (Lipinski definition) is 1. The van der Waals surface area contributed by atoms with Crippen LogP contribution in [0, 0.1) is 12.7 Å². The van der Waals surface area contributed by atoms with Gasteiger partial charge in [-0.3, -0.25) is 0 Å². The molecule has 148 valence electrons. The second-order valence-electron chi connectivity index (χ2n) is 7.25. The Labute approximate surface area is 165 Å². The number of carboxylic acid groups (broad SMARTS) is 1. The molecule has 8 heteroatoms. The van der Waals surface area contributed by atoms with E-state index >= 15 is 0 Å². The van der Waals surface area contributed by atoms with Crippen LogP contribution < -0.4 is 0 Å². The van der Waals surface area contributed by atoms with E-state index < -0.39 is 5.97 Å². The predicted octanol–water partition coefficient (Wildman–Crippen LogP) is 4.22. The molecule has 1 aliphatic rings. The summed E-state index contributed by atoms with van der Waals surface area (Å²) in [6.45, 7) is 2.44. The van der Waals surface area contributed by atoms with Gasteiger partial charge in [0, 0.05) is 12.0 Å². The standard InChI is InChI=1S/C21H19FN4O3/c1-12-16(8-6-15(24-12)21(27)28)25-17-7-5-13(22)10-14(17)20-18(25)11-23-26(20)19-4-2-3-9-29-19/h5-8,10-11,19H,2-4,9H2,1H3,(H,27,28). The molecule has 1 aliphatic heterocycles. The summed E-state index contributed by atoms with van der Waals surface area (Å²) >= 11 is 0. The van der Waals surface area contributed by atoms with Gasteiger partial charge in [0.2, 0.25) is 0 Å². The first-order valence-corrected chi connectivity index (χ1v) is 9.54. The zero-order valence-electron chi connectivity index (χ0n) is 15.8. The van der Waals surface area contributed by atoms with Gasteiger partial charge >= 0.3 is 5.97 Å². The molecular formula is C21H19FN4O3. The highest BCUT2D eigenvalue weighted by atomic mass is 19.1. The maximum absolute atomic E-state index is 14.1. The minimum absolute atomic E-state index is 0.0173. The minimum Gasteiger partial charge on any atom is -0.477 e. The Kier molecular flexibility index (Phi) is 4.09. The van der Waals surface area contributed by atoms with Gasteiger partial charge in [-0.2, -0.15) is 5.10 Å². The fourth-order valence-corrected chi connectivity index (χ4v) is 4.10. The van der Waals surface area contributed by atoms with E-state index in [1.807, 2.05) is 9.25 Å². The average molecular weight is 394 g/mol. The van der Waals surface area contributed by atoms with Gasteiger partial charge in [-0.25, -0.2) is 18.9 Å². The van der Waals surface area contributed by atoms with Crippen LogP contribution in [0.4, 0.5) is 4.39 Å². The van der Waals surface area contributed by atoms with Crippen LogP contribution in [0.15, 0.2) is 36.5 Å². The molecule has 0 spiro atoms. The van der Waals surface area contributed by atoms with Crippen LogP contribution in [0.25, 0.3) is 27.6 Å². The normalized spacial score (nSPS) is 17.2. The number of fused-ring (bicyclic) bond motifs is 3. The number of aromatic carboxylic acids is 1. The summed E-state index contributed by atoms with van der Waals surface area (Å²) in [7, 11) is 0. The predicted molar refractivity (Wildman–Crippen MR) is 105 cm³/mol. The highest BCUT2D eigenvalue weighted by molar-refractivity contribution is 6.07. The van der Waals surface area contributed by atoms with Crippen molar-refractivity contribution in [3.63, 3.8) is 0 Å². The van der Waals surface area contributed by atoms with Crippen molar-refractivity contribution in [2.24, 2.45) is 0 Å². The van der Waals surface area contributed by atoms with Gasteiger partial charge in [0.1, 0.15) is 11.5 Å². The Morgan fingerprint density at radius 2 is 2.10 bits per heavy atom. The molecule has 1 saturated heterocycles. The summed E-state index contributed by atoms with van der Waals surface area (Å²) in [6, 6.07) is 7.84. The Morgan fingerprint density at radius 3 is 2.83 bits per heavy atom. The fourth-order valence-electron chi connectivity index (χ4n) is 4.10. The first-order valence-electron chi connectivity index (χ1n) is 9.54. The van der Waals surface area contributed by atoms with Crippen molar-refractivity contribution in [2.45, 2.75) is 32.4 Å². The molecule has 29 heavy (non-hydrogen) atoms. The maximum atomic E-state index is 14.1. The Hall–Kier alpha value is -3.26. The van der Waals surface area contributed by atoms with Gasteiger partial charge in [0.15, 0.2) is 6.23 Å². The number of carboxylic acids is 1. The Bertz CT molecular complexity index is 1250. The molecule has 1 N–H and O–H groups in total. The van der Waals surface area contributed by atoms with Gasteiger partial charge in [0.05, 0.1) is 34.1 Å². The quantitative estimate of drug-likeness (QED) is 0.563. The number of benzene rings is 1. The van der Waals surface area contributed by atoms with Crippen molar-refractivity contribution in [1.82, 2.24) is 19.3 Å². The third-order valence-corrected chi connectivity index (χ3v) is 5.42. The monoisotopic (exact) mass is 394 g/mol. The molecule has 1 atom stereocenters. The molecular weight excluding hydrogens is 375 g/mol. The highest BCUT2D eigenvalue weighted by Gasteiger charge is 2.24. The number of halogens is 1. The van der Waals surface area contributed by atoms with E-state index in [0.717, 1.165) is 46.9 Å². The van der Waals surface area contributed by atoms with Crippen LogP contribution in [0.5, 0.6) is 0 Å². The minimum atomic E-state index is -1.08. The van der Waals surface area contributed by atoms with Gasteiger partial charge in [-0.15, -0.1) is 0 Å². The lowest BCUT2D eigenvalue weighted by molar-refractivity contribution is -0.0365. The van der Waals surface area contributed by atoms with E-state index in [1.54, 1.807) is 25.3 Å². The average Bonchev–Trinajstić information content (AvgIpc) is 3.27. The van der Waals surface area contributed by atoms with Crippen LogP contribution in [-0.2, 0) is 4.74 Å². The van der Waals surface area contributed by atoms with Gasteiger partial charge in [-0.1, -0.05) is 0 Å². The van der Waals surface area contributed by atoms with E-state index in [2.05, 4.69) is 10.1 Å². The lowest BCUT2D eigenvalue weighted by atomic mass is 10.2. The van der Waals surface area contributed by atoms with E-state index in [4.69, 9.17) is 4.74 Å². The molecule has 0 amide bonds. The fraction of sp³-hybridized carbons (Fsp3) is 0.286. The van der Waals surface area contributed by atoms with Crippen LogP contribution in [-0.4, -0.2) is 37.0 Å². The molecule has 1 aromatic carbocycles. The number of ether oxygens (including phenoxy) is 1. The molecule has 3 aromatic heterocycles. The van der Waals surface area contributed by atoms with Crippen molar-refractivity contribution in [3.05, 3.63) is 53.7 Å². The number of hydrogen-bond acceptors (Lipinski definition) is 4. The van der Waals surface area contributed by atoms with E-state index in [1.165, 1.54) is 18.2 Å². The molecule has 1 fully saturated rings. The van der Waals surface area contributed by atoms with Crippen LogP contribution in [0.1, 0.15) is 41.7 Å². The third kappa shape index (κ3) is 2.79. The van der Waals surface area contributed by atoms with Crippen molar-refractivity contribution in [1.29, 1.82) is 0 Å². The summed E-state index contributed by atoms with van der Waals surface area (Å²) in [5, 5.41) is 14.5. The lowest BCUT2D eigenvalue weighted by Gasteiger charge is -2.23. The van der Waals surface area contributed by atoms with Crippen molar-refractivity contribution in [3.8, 4) is 5.69 Å². The number of aryl methyl sites for hydroxylation is 1. The molecule has 1 unspecified atom stereocenters. The van der Waals surface area contributed by atoms with Crippen LogP contribution >= 0.6 is 0 Å². The van der Waals surface area contributed by atoms with E-state index in [9.17, 15) is 14.3 Å². The summed E-state index contributed by atoms with van der Waals surface area (Å²) in [4.78, 5) is 15.5. The third-order valence-electron chi connectivity index (χ3n) is 5.42.